The zero-order valence-electron chi connectivity index (χ0n) is 10.1. The number of aliphatic hydroxyl groups is 1. The van der Waals surface area contributed by atoms with Crippen molar-refractivity contribution in [3.8, 4) is 0 Å². The molecule has 1 unspecified atom stereocenters. The van der Waals surface area contributed by atoms with E-state index in [2.05, 4.69) is 10.6 Å². The third-order valence-electron chi connectivity index (χ3n) is 2.35. The summed E-state index contributed by atoms with van der Waals surface area (Å²) in [5, 5.41) is 14.3. The summed E-state index contributed by atoms with van der Waals surface area (Å²) in [5.41, 5.74) is 0.896. The summed E-state index contributed by atoms with van der Waals surface area (Å²) in [4.78, 5) is 11.3. The molecule has 2 amide bonds. The van der Waals surface area contributed by atoms with E-state index < -0.39 is 0 Å². The van der Waals surface area contributed by atoms with Crippen molar-refractivity contribution in [3.05, 3.63) is 34.9 Å². The minimum absolute atomic E-state index is 0.0879. The monoisotopic (exact) mass is 272 g/mol. The average Bonchev–Trinajstić information content (AvgIpc) is 2.37. The van der Waals surface area contributed by atoms with E-state index >= 15 is 0 Å². The van der Waals surface area contributed by atoms with Crippen LogP contribution in [0, 0.1) is 0 Å². The highest BCUT2D eigenvalue weighted by Gasteiger charge is 2.12. The van der Waals surface area contributed by atoms with Gasteiger partial charge in [0.05, 0.1) is 12.7 Å². The molecule has 1 atom stereocenters. The molecule has 0 bridgehead atoms. The molecule has 1 aromatic carbocycles. The molecule has 1 rings (SSSR count). The third kappa shape index (κ3) is 4.91. The molecule has 1 aromatic rings. The summed E-state index contributed by atoms with van der Waals surface area (Å²) in [6.07, 6.45) is -0.261. The topological polar surface area (TPSA) is 70.6 Å². The maximum atomic E-state index is 11.3. The van der Waals surface area contributed by atoms with Crippen molar-refractivity contribution < 1.29 is 14.6 Å². The Morgan fingerprint density at radius 1 is 1.50 bits per heavy atom. The van der Waals surface area contributed by atoms with Crippen LogP contribution in [0.15, 0.2) is 24.3 Å². The molecule has 0 saturated carbocycles. The lowest BCUT2D eigenvalue weighted by Crippen LogP contribution is -2.39. The van der Waals surface area contributed by atoms with E-state index in [0.717, 1.165) is 5.56 Å². The zero-order chi connectivity index (χ0) is 13.4. The molecule has 0 heterocycles. The number of amides is 2. The van der Waals surface area contributed by atoms with Crippen LogP contribution < -0.4 is 10.6 Å². The second-order valence-corrected chi connectivity index (χ2v) is 4.08. The molecule has 0 aliphatic rings. The van der Waals surface area contributed by atoms with Crippen LogP contribution in [0.1, 0.15) is 11.7 Å². The molecule has 0 aromatic heterocycles. The lowest BCUT2D eigenvalue weighted by molar-refractivity contribution is 0.104. The van der Waals surface area contributed by atoms with Gasteiger partial charge in [-0.2, -0.15) is 0 Å². The first-order valence-corrected chi connectivity index (χ1v) is 5.96. The number of carbonyl (C=O) groups is 1. The van der Waals surface area contributed by atoms with Gasteiger partial charge in [0.25, 0.3) is 0 Å². The van der Waals surface area contributed by atoms with Gasteiger partial charge in [0.1, 0.15) is 0 Å². The molecule has 0 radical (unpaired) electrons. The van der Waals surface area contributed by atoms with Crippen molar-refractivity contribution in [2.75, 3.05) is 26.8 Å². The standard InChI is InChI=1S/C12H17ClN2O3/c1-18-11(8-15-12(17)14-5-6-16)9-3-2-4-10(13)7-9/h2-4,7,11,16H,5-6,8H2,1H3,(H2,14,15,17). The number of carbonyl (C=O) groups excluding carboxylic acids is 1. The summed E-state index contributed by atoms with van der Waals surface area (Å²) in [6.45, 7) is 0.462. The highest BCUT2D eigenvalue weighted by Crippen LogP contribution is 2.19. The first-order valence-electron chi connectivity index (χ1n) is 5.58. The molecule has 3 N–H and O–H groups in total. The number of aliphatic hydroxyl groups excluding tert-OH is 1. The first-order chi connectivity index (χ1) is 8.67. The molecule has 18 heavy (non-hydrogen) atoms. The van der Waals surface area contributed by atoms with Crippen molar-refractivity contribution in [3.63, 3.8) is 0 Å². The Bertz CT molecular complexity index is 387. The van der Waals surface area contributed by atoms with E-state index in [9.17, 15) is 4.79 Å². The normalized spacial score (nSPS) is 11.9. The summed E-state index contributed by atoms with van der Waals surface area (Å²) < 4.78 is 5.30. The Labute approximate surface area is 111 Å². The van der Waals surface area contributed by atoms with Crippen molar-refractivity contribution in [1.82, 2.24) is 10.6 Å². The van der Waals surface area contributed by atoms with Crippen LogP contribution in [0.4, 0.5) is 4.79 Å². The van der Waals surface area contributed by atoms with Crippen molar-refractivity contribution in [1.29, 1.82) is 0 Å². The SMILES string of the molecule is COC(CNC(=O)NCCO)c1cccc(Cl)c1. The quantitative estimate of drug-likeness (QED) is 0.731. The Morgan fingerprint density at radius 3 is 2.89 bits per heavy atom. The largest absolute Gasteiger partial charge is 0.395 e. The molecule has 0 aliphatic heterocycles. The van der Waals surface area contributed by atoms with E-state index in [4.69, 9.17) is 21.4 Å². The maximum absolute atomic E-state index is 11.3. The lowest BCUT2D eigenvalue weighted by atomic mass is 10.1. The van der Waals surface area contributed by atoms with E-state index in [1.54, 1.807) is 19.2 Å². The predicted molar refractivity (Wildman–Crippen MR) is 69.7 cm³/mol. The Morgan fingerprint density at radius 2 is 2.28 bits per heavy atom. The maximum Gasteiger partial charge on any atom is 0.314 e. The van der Waals surface area contributed by atoms with Crippen molar-refractivity contribution in [2.45, 2.75) is 6.10 Å². The van der Waals surface area contributed by atoms with E-state index in [1.165, 1.54) is 0 Å². The summed E-state index contributed by atoms with van der Waals surface area (Å²) in [5.74, 6) is 0. The molecule has 0 spiro atoms. The van der Waals surface area contributed by atoms with Gasteiger partial charge in [0.15, 0.2) is 0 Å². The molecular formula is C12H17ClN2O3. The summed E-state index contributed by atoms with van der Waals surface area (Å²) >= 11 is 5.89. The van der Waals surface area contributed by atoms with Gasteiger partial charge in [-0.1, -0.05) is 23.7 Å². The van der Waals surface area contributed by atoms with Gasteiger partial charge in [-0.15, -0.1) is 0 Å². The van der Waals surface area contributed by atoms with Gasteiger partial charge < -0.3 is 20.5 Å². The predicted octanol–water partition coefficient (Wildman–Crippen LogP) is 1.32. The van der Waals surface area contributed by atoms with Crippen molar-refractivity contribution >= 4 is 17.6 Å². The number of methoxy groups -OCH3 is 1. The number of ether oxygens (including phenoxy) is 1. The molecule has 6 heteroatoms. The molecule has 0 saturated heterocycles. The Balaban J connectivity index is 2.50. The van der Waals surface area contributed by atoms with Crippen LogP contribution in [-0.2, 0) is 4.74 Å². The second-order valence-electron chi connectivity index (χ2n) is 3.64. The van der Waals surface area contributed by atoms with Crippen LogP contribution in [-0.4, -0.2) is 37.9 Å². The van der Waals surface area contributed by atoms with Gasteiger partial charge >= 0.3 is 6.03 Å². The fourth-order valence-corrected chi connectivity index (χ4v) is 1.66. The highest BCUT2D eigenvalue weighted by atomic mass is 35.5. The second kappa shape index (κ2) is 7.92. The lowest BCUT2D eigenvalue weighted by Gasteiger charge is -2.17. The number of hydrogen-bond acceptors (Lipinski definition) is 3. The average molecular weight is 273 g/mol. The van der Waals surface area contributed by atoms with Crippen LogP contribution >= 0.6 is 11.6 Å². The van der Waals surface area contributed by atoms with Crippen LogP contribution in [0.3, 0.4) is 0 Å². The van der Waals surface area contributed by atoms with Gasteiger partial charge in [-0.05, 0) is 17.7 Å². The van der Waals surface area contributed by atoms with Crippen molar-refractivity contribution in [2.24, 2.45) is 0 Å². The highest BCUT2D eigenvalue weighted by molar-refractivity contribution is 6.30. The molecule has 5 nitrogen and oxygen atoms in total. The smallest absolute Gasteiger partial charge is 0.314 e. The molecule has 100 valence electrons. The minimum Gasteiger partial charge on any atom is -0.395 e. The third-order valence-corrected chi connectivity index (χ3v) is 2.59. The molecule has 0 aliphatic carbocycles. The summed E-state index contributed by atoms with van der Waals surface area (Å²) in [6, 6.07) is 6.94. The fourth-order valence-electron chi connectivity index (χ4n) is 1.46. The minimum atomic E-state index is -0.340. The van der Waals surface area contributed by atoms with Crippen LogP contribution in [0.2, 0.25) is 5.02 Å². The number of benzene rings is 1. The number of nitrogens with one attached hydrogen (secondary N) is 2. The molecular weight excluding hydrogens is 256 g/mol. The van der Waals surface area contributed by atoms with E-state index in [0.29, 0.717) is 11.6 Å². The fraction of sp³-hybridized carbons (Fsp3) is 0.417. The zero-order valence-corrected chi connectivity index (χ0v) is 10.9. The van der Waals surface area contributed by atoms with E-state index in [1.807, 2.05) is 12.1 Å². The summed E-state index contributed by atoms with van der Waals surface area (Å²) in [7, 11) is 1.57. The van der Waals surface area contributed by atoms with Gasteiger partial charge in [-0.3, -0.25) is 0 Å². The number of rotatable bonds is 6. The number of hydrogen-bond donors (Lipinski definition) is 3. The van der Waals surface area contributed by atoms with Gasteiger partial charge in [0, 0.05) is 25.2 Å². The number of halogens is 1. The first kappa shape index (κ1) is 14.8. The van der Waals surface area contributed by atoms with E-state index in [-0.39, 0.29) is 25.3 Å². The van der Waals surface area contributed by atoms with Gasteiger partial charge in [0.2, 0.25) is 0 Å². The number of urea groups is 1. The van der Waals surface area contributed by atoms with Gasteiger partial charge in [-0.25, -0.2) is 4.79 Å². The Kier molecular flexibility index (Phi) is 6.49. The van der Waals surface area contributed by atoms with Crippen LogP contribution in [0.5, 0.6) is 0 Å². The Hall–Kier alpha value is -1.30. The van der Waals surface area contributed by atoms with Crippen LogP contribution in [0.25, 0.3) is 0 Å². The molecule has 0 fully saturated rings.